The highest BCUT2D eigenvalue weighted by atomic mass is 32.1. The van der Waals surface area contributed by atoms with Gasteiger partial charge in [0.25, 0.3) is 0 Å². The first kappa shape index (κ1) is 14.8. The number of nitrogens with zero attached hydrogens (tertiary/aromatic N) is 5. The standard InChI is InChI=1S/C13H12F3N5S/c1-8-5-9-12(17-3-4-21(9)19-8)20(2)6-11-18-10(7-22-11)13(14,15)16/h3-5,7H,6H2,1-2H3. The predicted molar refractivity (Wildman–Crippen MR) is 76.9 cm³/mol. The van der Waals surface area contributed by atoms with Gasteiger partial charge in [-0.3, -0.25) is 0 Å². The Morgan fingerprint density at radius 3 is 2.82 bits per heavy atom. The van der Waals surface area contributed by atoms with Gasteiger partial charge in [-0.15, -0.1) is 11.3 Å². The highest BCUT2D eigenvalue weighted by Gasteiger charge is 2.33. The first-order chi connectivity index (χ1) is 10.3. The zero-order chi connectivity index (χ0) is 15.9. The molecule has 0 saturated heterocycles. The zero-order valence-corrected chi connectivity index (χ0v) is 12.6. The summed E-state index contributed by atoms with van der Waals surface area (Å²) in [5, 5.41) is 5.70. The number of rotatable bonds is 3. The minimum Gasteiger partial charge on any atom is -0.351 e. The van der Waals surface area contributed by atoms with Gasteiger partial charge in [0.1, 0.15) is 10.5 Å². The number of alkyl halides is 3. The van der Waals surface area contributed by atoms with E-state index in [4.69, 9.17) is 0 Å². The van der Waals surface area contributed by atoms with Gasteiger partial charge in [0, 0.05) is 24.8 Å². The van der Waals surface area contributed by atoms with Crippen molar-refractivity contribution in [3.63, 3.8) is 0 Å². The van der Waals surface area contributed by atoms with Gasteiger partial charge in [0.15, 0.2) is 11.5 Å². The monoisotopic (exact) mass is 327 g/mol. The Morgan fingerprint density at radius 2 is 2.14 bits per heavy atom. The summed E-state index contributed by atoms with van der Waals surface area (Å²) >= 11 is 0.987. The fourth-order valence-corrected chi connectivity index (χ4v) is 2.97. The second-order valence-electron chi connectivity index (χ2n) is 4.85. The van der Waals surface area contributed by atoms with Crippen LogP contribution in [0.3, 0.4) is 0 Å². The van der Waals surface area contributed by atoms with Crippen molar-refractivity contribution in [2.24, 2.45) is 0 Å². The van der Waals surface area contributed by atoms with Gasteiger partial charge in [-0.2, -0.15) is 18.3 Å². The van der Waals surface area contributed by atoms with Crippen LogP contribution in [0.1, 0.15) is 16.4 Å². The van der Waals surface area contributed by atoms with Crippen molar-refractivity contribution >= 4 is 22.7 Å². The maximum atomic E-state index is 12.6. The molecule has 0 unspecified atom stereocenters. The van der Waals surface area contributed by atoms with E-state index in [9.17, 15) is 13.2 Å². The van der Waals surface area contributed by atoms with Crippen LogP contribution in [0.2, 0.25) is 0 Å². The Morgan fingerprint density at radius 1 is 1.36 bits per heavy atom. The van der Waals surface area contributed by atoms with Crippen LogP contribution in [0.25, 0.3) is 5.52 Å². The van der Waals surface area contributed by atoms with E-state index in [1.54, 1.807) is 28.9 Å². The van der Waals surface area contributed by atoms with Gasteiger partial charge in [-0.1, -0.05) is 0 Å². The van der Waals surface area contributed by atoms with Crippen molar-refractivity contribution in [1.29, 1.82) is 0 Å². The van der Waals surface area contributed by atoms with E-state index in [0.29, 0.717) is 10.8 Å². The van der Waals surface area contributed by atoms with Crippen molar-refractivity contribution in [1.82, 2.24) is 19.6 Å². The summed E-state index contributed by atoms with van der Waals surface area (Å²) in [7, 11) is 1.76. The Balaban J connectivity index is 1.87. The second kappa shape index (κ2) is 5.24. The third kappa shape index (κ3) is 2.76. The number of aryl methyl sites for hydroxylation is 1. The average molecular weight is 327 g/mol. The van der Waals surface area contributed by atoms with E-state index in [2.05, 4.69) is 15.1 Å². The lowest BCUT2D eigenvalue weighted by Gasteiger charge is -2.17. The SMILES string of the molecule is Cc1cc2c(N(C)Cc3nc(C(F)(F)F)cs3)nccn2n1. The van der Waals surface area contributed by atoms with Gasteiger partial charge in [-0.25, -0.2) is 14.5 Å². The highest BCUT2D eigenvalue weighted by molar-refractivity contribution is 7.09. The molecule has 0 N–H and O–H groups in total. The molecule has 3 rings (SSSR count). The maximum Gasteiger partial charge on any atom is 0.434 e. The molecule has 22 heavy (non-hydrogen) atoms. The number of aromatic nitrogens is 4. The number of fused-ring (bicyclic) bond motifs is 1. The van der Waals surface area contributed by atoms with Crippen molar-refractivity contribution in [3.8, 4) is 0 Å². The molecule has 0 aliphatic rings. The summed E-state index contributed by atoms with van der Waals surface area (Å²) in [6.07, 6.45) is -1.08. The van der Waals surface area contributed by atoms with Gasteiger partial charge >= 0.3 is 6.18 Å². The fraction of sp³-hybridized carbons (Fsp3) is 0.308. The molecule has 0 atom stereocenters. The molecule has 0 bridgehead atoms. The summed E-state index contributed by atoms with van der Waals surface area (Å²) < 4.78 is 39.4. The third-order valence-corrected chi connectivity index (χ3v) is 3.90. The molecule has 116 valence electrons. The first-order valence-corrected chi connectivity index (χ1v) is 7.26. The molecule has 0 saturated carbocycles. The summed E-state index contributed by atoms with van der Waals surface area (Å²) in [4.78, 5) is 9.68. The van der Waals surface area contributed by atoms with E-state index in [-0.39, 0.29) is 6.54 Å². The summed E-state index contributed by atoms with van der Waals surface area (Å²) in [6, 6.07) is 1.88. The quantitative estimate of drug-likeness (QED) is 0.741. The molecular weight excluding hydrogens is 315 g/mol. The zero-order valence-electron chi connectivity index (χ0n) is 11.8. The Hall–Kier alpha value is -2.16. The molecule has 0 aliphatic heterocycles. The molecular formula is C13H12F3N5S. The smallest absolute Gasteiger partial charge is 0.351 e. The summed E-state index contributed by atoms with van der Waals surface area (Å²) in [5.41, 5.74) is 0.790. The lowest BCUT2D eigenvalue weighted by Crippen LogP contribution is -2.18. The molecule has 5 nitrogen and oxygen atoms in total. The number of anilines is 1. The van der Waals surface area contributed by atoms with Crippen LogP contribution in [-0.4, -0.2) is 26.6 Å². The van der Waals surface area contributed by atoms with Crippen molar-refractivity contribution < 1.29 is 13.2 Å². The topological polar surface area (TPSA) is 46.3 Å². The Bertz CT molecular complexity index is 807. The van der Waals surface area contributed by atoms with E-state index >= 15 is 0 Å². The summed E-state index contributed by atoms with van der Waals surface area (Å²) in [6.45, 7) is 2.12. The van der Waals surface area contributed by atoms with Crippen molar-refractivity contribution in [2.45, 2.75) is 19.6 Å². The molecule has 0 radical (unpaired) electrons. The van der Waals surface area contributed by atoms with Gasteiger partial charge in [-0.05, 0) is 13.0 Å². The second-order valence-corrected chi connectivity index (χ2v) is 5.79. The molecule has 3 aromatic rings. The van der Waals surface area contributed by atoms with E-state index < -0.39 is 11.9 Å². The molecule has 3 heterocycles. The minimum absolute atomic E-state index is 0.248. The van der Waals surface area contributed by atoms with Crippen LogP contribution >= 0.6 is 11.3 Å². The molecule has 9 heteroatoms. The van der Waals surface area contributed by atoms with Crippen molar-refractivity contribution in [2.75, 3.05) is 11.9 Å². The third-order valence-electron chi connectivity index (χ3n) is 3.07. The van der Waals surface area contributed by atoms with E-state index in [0.717, 1.165) is 27.9 Å². The summed E-state index contributed by atoms with van der Waals surface area (Å²) in [5.74, 6) is 0.645. The molecule has 0 amide bonds. The van der Waals surface area contributed by atoms with Crippen LogP contribution < -0.4 is 4.90 Å². The Kier molecular flexibility index (Phi) is 3.51. The highest BCUT2D eigenvalue weighted by Crippen LogP contribution is 2.30. The number of thiazole rings is 1. The molecule has 3 aromatic heterocycles. The number of halogens is 3. The minimum atomic E-state index is -4.41. The van der Waals surface area contributed by atoms with Gasteiger partial charge in [0.05, 0.1) is 12.2 Å². The van der Waals surface area contributed by atoms with Crippen molar-refractivity contribution in [3.05, 3.63) is 40.2 Å². The van der Waals surface area contributed by atoms with Crippen LogP contribution in [0.4, 0.5) is 19.0 Å². The molecule has 0 fully saturated rings. The Labute approximate surface area is 128 Å². The largest absolute Gasteiger partial charge is 0.434 e. The lowest BCUT2D eigenvalue weighted by atomic mass is 10.4. The van der Waals surface area contributed by atoms with Gasteiger partial charge in [0.2, 0.25) is 0 Å². The van der Waals surface area contributed by atoms with E-state index in [1.165, 1.54) is 0 Å². The molecule has 0 aromatic carbocycles. The molecule has 0 spiro atoms. The van der Waals surface area contributed by atoms with Crippen LogP contribution in [0, 0.1) is 6.92 Å². The van der Waals surface area contributed by atoms with Crippen LogP contribution in [-0.2, 0) is 12.7 Å². The lowest BCUT2D eigenvalue weighted by molar-refractivity contribution is -0.140. The maximum absolute atomic E-state index is 12.6. The predicted octanol–water partition coefficient (Wildman–Crippen LogP) is 3.15. The van der Waals surface area contributed by atoms with E-state index in [1.807, 2.05) is 13.0 Å². The average Bonchev–Trinajstić information content (AvgIpc) is 3.02. The normalized spacial score (nSPS) is 12.0. The number of hydrogen-bond donors (Lipinski definition) is 0. The number of hydrogen-bond acceptors (Lipinski definition) is 5. The fourth-order valence-electron chi connectivity index (χ4n) is 2.12. The van der Waals surface area contributed by atoms with Crippen LogP contribution in [0.15, 0.2) is 23.8 Å². The van der Waals surface area contributed by atoms with Crippen LogP contribution in [0.5, 0.6) is 0 Å². The van der Waals surface area contributed by atoms with Gasteiger partial charge < -0.3 is 4.90 Å². The molecule has 0 aliphatic carbocycles. The first-order valence-electron chi connectivity index (χ1n) is 6.38.